The van der Waals surface area contributed by atoms with E-state index in [9.17, 15) is 14.0 Å². The lowest BCUT2D eigenvalue weighted by molar-refractivity contribution is -0.116. The molecule has 0 bridgehead atoms. The number of carbonyl (C=O) groups excluding carboxylic acids is 2. The van der Waals surface area contributed by atoms with Gasteiger partial charge in [-0.1, -0.05) is 20.8 Å². The van der Waals surface area contributed by atoms with Crippen molar-refractivity contribution in [3.05, 3.63) is 29.6 Å². The Labute approximate surface area is 136 Å². The van der Waals surface area contributed by atoms with Gasteiger partial charge in [0.2, 0.25) is 5.91 Å². The lowest BCUT2D eigenvalue weighted by Crippen LogP contribution is -2.28. The molecule has 1 aromatic rings. The van der Waals surface area contributed by atoms with E-state index >= 15 is 0 Å². The van der Waals surface area contributed by atoms with Crippen LogP contribution in [0.3, 0.4) is 0 Å². The summed E-state index contributed by atoms with van der Waals surface area (Å²) >= 11 is 0. The van der Waals surface area contributed by atoms with E-state index in [-0.39, 0.29) is 41.5 Å². The largest absolute Gasteiger partial charge is 0.396 e. The Bertz CT molecular complexity index is 547. The fraction of sp³-hybridized carbons (Fsp3) is 0.529. The first-order valence-electron chi connectivity index (χ1n) is 7.82. The topological polar surface area (TPSA) is 78.4 Å². The van der Waals surface area contributed by atoms with Crippen LogP contribution in [0, 0.1) is 17.7 Å². The molecule has 2 amide bonds. The molecule has 0 aromatic heterocycles. The molecule has 0 saturated heterocycles. The highest BCUT2D eigenvalue weighted by Crippen LogP contribution is 2.17. The molecule has 1 rings (SSSR count). The number of rotatable bonds is 8. The Kier molecular flexibility index (Phi) is 7.68. The summed E-state index contributed by atoms with van der Waals surface area (Å²) in [6.07, 6.45) is 0.903. The number of halogens is 1. The molecule has 3 N–H and O–H groups in total. The molecule has 128 valence electrons. The van der Waals surface area contributed by atoms with Crippen LogP contribution in [0.2, 0.25) is 0 Å². The lowest BCUT2D eigenvalue weighted by atomic mass is 10.1. The minimum atomic E-state index is -0.641. The van der Waals surface area contributed by atoms with Crippen LogP contribution < -0.4 is 10.6 Å². The van der Waals surface area contributed by atoms with Gasteiger partial charge in [0.1, 0.15) is 5.82 Å². The van der Waals surface area contributed by atoms with Crippen molar-refractivity contribution in [2.24, 2.45) is 11.8 Å². The van der Waals surface area contributed by atoms with Gasteiger partial charge in [0, 0.05) is 25.1 Å². The number of anilines is 1. The summed E-state index contributed by atoms with van der Waals surface area (Å²) in [6, 6.07) is 3.97. The van der Waals surface area contributed by atoms with Gasteiger partial charge >= 0.3 is 0 Å². The molecule has 0 aliphatic heterocycles. The average Bonchev–Trinajstić information content (AvgIpc) is 2.46. The SMILES string of the molecule is CC(C)CC(=O)Nc1ccc(C(=O)NCC(C)CCO)cc1F. The monoisotopic (exact) mass is 324 g/mol. The maximum absolute atomic E-state index is 14.0. The van der Waals surface area contributed by atoms with Gasteiger partial charge < -0.3 is 15.7 Å². The summed E-state index contributed by atoms with van der Waals surface area (Å²) in [5.74, 6) is -0.951. The molecule has 23 heavy (non-hydrogen) atoms. The third kappa shape index (κ3) is 6.78. The van der Waals surface area contributed by atoms with Gasteiger partial charge in [0.05, 0.1) is 5.69 Å². The van der Waals surface area contributed by atoms with Crippen molar-refractivity contribution in [2.75, 3.05) is 18.5 Å². The Balaban J connectivity index is 2.64. The van der Waals surface area contributed by atoms with Crippen LogP contribution in [0.1, 0.15) is 44.0 Å². The van der Waals surface area contributed by atoms with E-state index in [0.29, 0.717) is 19.4 Å². The third-order valence-corrected chi connectivity index (χ3v) is 3.33. The lowest BCUT2D eigenvalue weighted by Gasteiger charge is -2.12. The summed E-state index contributed by atoms with van der Waals surface area (Å²) in [4.78, 5) is 23.6. The van der Waals surface area contributed by atoms with E-state index in [2.05, 4.69) is 10.6 Å². The molecule has 1 unspecified atom stereocenters. The van der Waals surface area contributed by atoms with E-state index in [1.807, 2.05) is 20.8 Å². The first-order chi connectivity index (χ1) is 10.8. The van der Waals surface area contributed by atoms with Crippen LogP contribution in [0.5, 0.6) is 0 Å². The summed E-state index contributed by atoms with van der Waals surface area (Å²) in [5, 5.41) is 14.0. The molecule has 1 atom stereocenters. The number of amides is 2. The van der Waals surface area contributed by atoms with Gasteiger partial charge in [-0.25, -0.2) is 4.39 Å². The molecule has 0 aliphatic carbocycles. The Hall–Kier alpha value is -1.95. The van der Waals surface area contributed by atoms with E-state index in [1.54, 1.807) is 0 Å². The van der Waals surface area contributed by atoms with Crippen LogP contribution in [-0.2, 0) is 4.79 Å². The zero-order valence-electron chi connectivity index (χ0n) is 13.9. The van der Waals surface area contributed by atoms with Crippen molar-refractivity contribution >= 4 is 17.5 Å². The van der Waals surface area contributed by atoms with Crippen LogP contribution in [-0.4, -0.2) is 30.1 Å². The van der Waals surface area contributed by atoms with E-state index in [4.69, 9.17) is 5.11 Å². The van der Waals surface area contributed by atoms with Gasteiger partial charge in [-0.05, 0) is 36.5 Å². The second-order valence-corrected chi connectivity index (χ2v) is 6.17. The Morgan fingerprint density at radius 2 is 1.96 bits per heavy atom. The number of nitrogens with one attached hydrogen (secondary N) is 2. The standard InChI is InChI=1S/C17H25FN2O3/c1-11(2)8-16(22)20-15-5-4-13(9-14(15)18)17(23)19-10-12(3)6-7-21/h4-5,9,11-12,21H,6-8,10H2,1-3H3,(H,19,23)(H,20,22). The zero-order valence-corrected chi connectivity index (χ0v) is 13.9. The number of carbonyl (C=O) groups is 2. The van der Waals surface area contributed by atoms with Gasteiger partial charge in [0.15, 0.2) is 0 Å². The van der Waals surface area contributed by atoms with Gasteiger partial charge in [-0.2, -0.15) is 0 Å². The molecule has 0 fully saturated rings. The van der Waals surface area contributed by atoms with Gasteiger partial charge in [-0.15, -0.1) is 0 Å². The highest BCUT2D eigenvalue weighted by molar-refractivity contribution is 5.96. The number of hydrogen-bond acceptors (Lipinski definition) is 3. The van der Waals surface area contributed by atoms with E-state index in [0.717, 1.165) is 6.07 Å². The van der Waals surface area contributed by atoms with Crippen LogP contribution in [0.15, 0.2) is 18.2 Å². The van der Waals surface area contributed by atoms with Crippen molar-refractivity contribution < 1.29 is 19.1 Å². The zero-order chi connectivity index (χ0) is 17.4. The number of aliphatic hydroxyl groups is 1. The highest BCUT2D eigenvalue weighted by atomic mass is 19.1. The van der Waals surface area contributed by atoms with Crippen molar-refractivity contribution in [2.45, 2.75) is 33.6 Å². The molecule has 0 saturated carbocycles. The first kappa shape index (κ1) is 19.1. The smallest absolute Gasteiger partial charge is 0.251 e. The predicted molar refractivity (Wildman–Crippen MR) is 87.7 cm³/mol. The molecule has 6 heteroatoms. The van der Waals surface area contributed by atoms with Crippen molar-refractivity contribution in [1.82, 2.24) is 5.32 Å². The maximum Gasteiger partial charge on any atom is 0.251 e. The highest BCUT2D eigenvalue weighted by Gasteiger charge is 2.13. The number of aliphatic hydroxyl groups excluding tert-OH is 1. The second kappa shape index (κ2) is 9.25. The number of hydrogen-bond donors (Lipinski definition) is 3. The molecular weight excluding hydrogens is 299 g/mol. The minimum absolute atomic E-state index is 0.0659. The minimum Gasteiger partial charge on any atom is -0.396 e. The maximum atomic E-state index is 14.0. The molecular formula is C17H25FN2O3. The predicted octanol–water partition coefficient (Wildman–Crippen LogP) is 2.56. The van der Waals surface area contributed by atoms with Crippen molar-refractivity contribution in [3.63, 3.8) is 0 Å². The third-order valence-electron chi connectivity index (χ3n) is 3.33. The van der Waals surface area contributed by atoms with Crippen molar-refractivity contribution in [3.8, 4) is 0 Å². The molecule has 1 aromatic carbocycles. The average molecular weight is 324 g/mol. The molecule has 0 aliphatic rings. The summed E-state index contributed by atoms with van der Waals surface area (Å²) in [5.41, 5.74) is 0.265. The van der Waals surface area contributed by atoms with Crippen LogP contribution in [0.25, 0.3) is 0 Å². The van der Waals surface area contributed by atoms with Crippen LogP contribution in [0.4, 0.5) is 10.1 Å². The fourth-order valence-corrected chi connectivity index (χ4v) is 2.02. The normalized spacial score (nSPS) is 12.1. The van der Waals surface area contributed by atoms with Gasteiger partial charge in [-0.3, -0.25) is 9.59 Å². The Morgan fingerprint density at radius 3 is 2.52 bits per heavy atom. The van der Waals surface area contributed by atoms with E-state index in [1.165, 1.54) is 12.1 Å². The summed E-state index contributed by atoms with van der Waals surface area (Å²) < 4.78 is 14.0. The van der Waals surface area contributed by atoms with E-state index < -0.39 is 5.82 Å². The molecule has 0 radical (unpaired) electrons. The van der Waals surface area contributed by atoms with Crippen molar-refractivity contribution in [1.29, 1.82) is 0 Å². The quantitative estimate of drug-likeness (QED) is 0.687. The summed E-state index contributed by atoms with van der Waals surface area (Å²) in [6.45, 7) is 6.19. The number of benzene rings is 1. The van der Waals surface area contributed by atoms with Gasteiger partial charge in [0.25, 0.3) is 5.91 Å². The molecule has 0 heterocycles. The first-order valence-corrected chi connectivity index (χ1v) is 7.82. The fourth-order valence-electron chi connectivity index (χ4n) is 2.02. The molecule has 5 nitrogen and oxygen atoms in total. The molecule has 0 spiro atoms. The second-order valence-electron chi connectivity index (χ2n) is 6.17. The van der Waals surface area contributed by atoms with Crippen LogP contribution >= 0.6 is 0 Å². The Morgan fingerprint density at radius 1 is 1.26 bits per heavy atom. The summed E-state index contributed by atoms with van der Waals surface area (Å²) in [7, 11) is 0.